The molecule has 0 spiro atoms. The Balaban J connectivity index is 2.69. The van der Waals surface area contributed by atoms with E-state index >= 15 is 0 Å². The molecule has 0 bridgehead atoms. The second-order valence-electron chi connectivity index (χ2n) is 2.72. The maximum atomic E-state index is 13.0. The molecule has 0 saturated heterocycles. The first-order chi connectivity index (χ1) is 6.11. The summed E-state index contributed by atoms with van der Waals surface area (Å²) in [5, 5.41) is 9.33. The van der Waals surface area contributed by atoms with E-state index in [0.717, 1.165) is 6.07 Å². The number of hydrogen-bond acceptors (Lipinski definition) is 2. The highest BCUT2D eigenvalue weighted by molar-refractivity contribution is 9.10. The Bertz CT molecular complexity index is 368. The van der Waals surface area contributed by atoms with E-state index < -0.39 is 17.7 Å². The van der Waals surface area contributed by atoms with Crippen LogP contribution in [0.15, 0.2) is 10.5 Å². The van der Waals surface area contributed by atoms with E-state index in [1.807, 2.05) is 0 Å². The lowest BCUT2D eigenvalue weighted by atomic mass is 10.1. The van der Waals surface area contributed by atoms with Gasteiger partial charge in [-0.25, -0.2) is 4.39 Å². The molecule has 0 saturated carbocycles. The lowest BCUT2D eigenvalue weighted by Crippen LogP contribution is -1.97. The number of aliphatic hydroxyl groups is 1. The number of fused-ring (bicyclic) bond motifs is 1. The molecule has 2 rings (SSSR count). The van der Waals surface area contributed by atoms with Crippen molar-refractivity contribution in [3.8, 4) is 5.75 Å². The molecule has 1 N–H and O–H groups in total. The predicted molar refractivity (Wildman–Crippen MR) is 44.5 cm³/mol. The molecular weight excluding hydrogens is 246 g/mol. The fraction of sp³-hybridized carbons (Fsp3) is 0.250. The minimum atomic E-state index is -1.05. The van der Waals surface area contributed by atoms with Crippen LogP contribution in [-0.4, -0.2) is 11.7 Å². The van der Waals surface area contributed by atoms with E-state index in [1.165, 1.54) is 0 Å². The molecule has 1 aromatic rings. The number of hydrogen-bond donors (Lipinski definition) is 1. The topological polar surface area (TPSA) is 29.5 Å². The Morgan fingerprint density at radius 1 is 1.54 bits per heavy atom. The summed E-state index contributed by atoms with van der Waals surface area (Å²) >= 11 is 3.03. The van der Waals surface area contributed by atoms with Crippen molar-refractivity contribution < 1.29 is 18.6 Å². The van der Waals surface area contributed by atoms with Gasteiger partial charge in [-0.1, -0.05) is 15.9 Å². The maximum Gasteiger partial charge on any atom is 0.201 e. The zero-order valence-corrected chi connectivity index (χ0v) is 7.94. The van der Waals surface area contributed by atoms with E-state index in [-0.39, 0.29) is 17.9 Å². The van der Waals surface area contributed by atoms with Crippen molar-refractivity contribution in [3.63, 3.8) is 0 Å². The summed E-state index contributed by atoms with van der Waals surface area (Å²) in [7, 11) is 0. The monoisotopic (exact) mass is 250 g/mol. The predicted octanol–water partition coefficient (Wildman–Crippen LogP) is 2.15. The van der Waals surface area contributed by atoms with Gasteiger partial charge in [0.05, 0.1) is 0 Å². The summed E-state index contributed by atoms with van der Waals surface area (Å²) in [6, 6.07) is 0.978. The van der Waals surface area contributed by atoms with Crippen LogP contribution in [-0.2, 0) is 0 Å². The third-order valence-corrected chi connectivity index (χ3v) is 2.54. The molecule has 0 fully saturated rings. The second kappa shape index (κ2) is 2.92. The van der Waals surface area contributed by atoms with E-state index in [1.54, 1.807) is 0 Å². The third kappa shape index (κ3) is 1.23. The fourth-order valence-corrected chi connectivity index (χ4v) is 1.93. The normalized spacial score (nSPS) is 19.8. The molecule has 1 aliphatic rings. The number of halogens is 3. The van der Waals surface area contributed by atoms with Crippen LogP contribution in [0.4, 0.5) is 8.78 Å². The second-order valence-corrected chi connectivity index (χ2v) is 3.58. The van der Waals surface area contributed by atoms with Crippen molar-refractivity contribution in [1.29, 1.82) is 0 Å². The maximum absolute atomic E-state index is 13.0. The van der Waals surface area contributed by atoms with Crippen molar-refractivity contribution in [3.05, 3.63) is 27.7 Å². The van der Waals surface area contributed by atoms with Gasteiger partial charge in [-0.05, 0) is 6.07 Å². The fourth-order valence-electron chi connectivity index (χ4n) is 1.28. The van der Waals surface area contributed by atoms with Crippen LogP contribution < -0.4 is 4.74 Å². The Labute approximate surface area is 81.3 Å². The lowest BCUT2D eigenvalue weighted by Gasteiger charge is -2.04. The first-order valence-electron chi connectivity index (χ1n) is 3.59. The van der Waals surface area contributed by atoms with Gasteiger partial charge in [-0.2, -0.15) is 4.39 Å². The molecule has 0 radical (unpaired) electrons. The Morgan fingerprint density at radius 3 is 2.92 bits per heavy atom. The van der Waals surface area contributed by atoms with Gasteiger partial charge in [0.15, 0.2) is 11.6 Å². The van der Waals surface area contributed by atoms with Gasteiger partial charge in [0, 0.05) is 10.0 Å². The zero-order valence-electron chi connectivity index (χ0n) is 6.35. The van der Waals surface area contributed by atoms with E-state index in [4.69, 9.17) is 4.74 Å². The molecule has 0 amide bonds. The molecule has 1 unspecified atom stereocenters. The summed E-state index contributed by atoms with van der Waals surface area (Å²) in [6.07, 6.45) is -0.889. The van der Waals surface area contributed by atoms with Gasteiger partial charge < -0.3 is 9.84 Å². The number of aliphatic hydroxyl groups excluding tert-OH is 1. The Morgan fingerprint density at radius 2 is 2.23 bits per heavy atom. The van der Waals surface area contributed by atoms with E-state index in [2.05, 4.69) is 15.9 Å². The summed E-state index contributed by atoms with van der Waals surface area (Å²) in [6.45, 7) is -0.0334. The molecule has 1 aromatic carbocycles. The molecule has 0 aromatic heterocycles. The quantitative estimate of drug-likeness (QED) is 0.716. The highest BCUT2D eigenvalue weighted by Crippen LogP contribution is 2.40. The summed E-state index contributed by atoms with van der Waals surface area (Å²) in [5.74, 6) is -2.23. The Hall–Kier alpha value is -0.680. The van der Waals surface area contributed by atoms with Gasteiger partial charge in [-0.15, -0.1) is 0 Å². The third-order valence-electron chi connectivity index (χ3n) is 1.88. The van der Waals surface area contributed by atoms with Gasteiger partial charge >= 0.3 is 0 Å². The van der Waals surface area contributed by atoms with Crippen LogP contribution in [0.25, 0.3) is 0 Å². The summed E-state index contributed by atoms with van der Waals surface area (Å²) < 4.78 is 31.0. The van der Waals surface area contributed by atoms with E-state index in [9.17, 15) is 13.9 Å². The highest BCUT2D eigenvalue weighted by Gasteiger charge is 2.29. The standard InChI is InChI=1S/C8H5BrF2O2/c9-3-1-4(10)7(11)8-6(3)5(12)2-13-8/h1,5,12H,2H2. The highest BCUT2D eigenvalue weighted by atomic mass is 79.9. The van der Waals surface area contributed by atoms with Crippen molar-refractivity contribution in [2.24, 2.45) is 0 Å². The van der Waals surface area contributed by atoms with Crippen LogP contribution in [0.1, 0.15) is 11.7 Å². The molecule has 5 heteroatoms. The van der Waals surface area contributed by atoms with E-state index in [0.29, 0.717) is 4.47 Å². The Kier molecular flexibility index (Phi) is 2.00. The molecule has 1 heterocycles. The van der Waals surface area contributed by atoms with Gasteiger partial charge in [0.25, 0.3) is 0 Å². The summed E-state index contributed by atoms with van der Waals surface area (Å²) in [4.78, 5) is 0. The number of rotatable bonds is 0. The molecule has 1 aliphatic heterocycles. The van der Waals surface area contributed by atoms with Gasteiger partial charge in [0.2, 0.25) is 5.82 Å². The average Bonchev–Trinajstić information content (AvgIpc) is 2.44. The first kappa shape index (κ1) is 8.90. The van der Waals surface area contributed by atoms with Gasteiger partial charge in [-0.3, -0.25) is 0 Å². The lowest BCUT2D eigenvalue weighted by molar-refractivity contribution is 0.139. The smallest absolute Gasteiger partial charge is 0.201 e. The average molecular weight is 251 g/mol. The SMILES string of the molecule is OC1COc2c(F)c(F)cc(Br)c21. The van der Waals surface area contributed by atoms with Crippen molar-refractivity contribution in [2.75, 3.05) is 6.61 Å². The minimum absolute atomic E-state index is 0.0334. The first-order valence-corrected chi connectivity index (χ1v) is 4.39. The van der Waals surface area contributed by atoms with Crippen molar-refractivity contribution in [2.45, 2.75) is 6.10 Å². The minimum Gasteiger partial charge on any atom is -0.487 e. The van der Waals surface area contributed by atoms with Crippen LogP contribution in [0.3, 0.4) is 0 Å². The van der Waals surface area contributed by atoms with Crippen molar-refractivity contribution in [1.82, 2.24) is 0 Å². The molecule has 13 heavy (non-hydrogen) atoms. The number of benzene rings is 1. The molecule has 0 aliphatic carbocycles. The van der Waals surface area contributed by atoms with Crippen LogP contribution in [0.2, 0.25) is 0 Å². The molecule has 70 valence electrons. The summed E-state index contributed by atoms with van der Waals surface area (Å²) in [5.41, 5.74) is 0.277. The van der Waals surface area contributed by atoms with Gasteiger partial charge in [0.1, 0.15) is 12.7 Å². The van der Waals surface area contributed by atoms with Crippen LogP contribution in [0, 0.1) is 11.6 Å². The molecule has 1 atom stereocenters. The number of ether oxygens (including phenoxy) is 1. The van der Waals surface area contributed by atoms with Crippen LogP contribution in [0.5, 0.6) is 5.75 Å². The zero-order chi connectivity index (χ0) is 9.59. The van der Waals surface area contributed by atoms with Crippen molar-refractivity contribution >= 4 is 15.9 Å². The van der Waals surface area contributed by atoms with Crippen LogP contribution >= 0.6 is 15.9 Å². The molecule has 2 nitrogen and oxygen atoms in total. The largest absolute Gasteiger partial charge is 0.487 e. The molecular formula is C8H5BrF2O2.